The van der Waals surface area contributed by atoms with Crippen LogP contribution >= 0.6 is 0 Å². The Balaban J connectivity index is 1.43. The average molecular weight is 411 g/mol. The number of anilines is 3. The molecule has 1 fully saturated rings. The molecule has 1 aromatic carbocycles. The van der Waals surface area contributed by atoms with E-state index in [4.69, 9.17) is 0 Å². The molecule has 0 spiro atoms. The number of amides is 2. The van der Waals surface area contributed by atoms with Gasteiger partial charge in [0.15, 0.2) is 0 Å². The predicted molar refractivity (Wildman–Crippen MR) is 123 cm³/mol. The molecule has 1 aliphatic rings. The Morgan fingerprint density at radius 1 is 1.10 bits per heavy atom. The number of rotatable bonds is 6. The van der Waals surface area contributed by atoms with E-state index >= 15 is 0 Å². The molecular weight excluding hydrogens is 376 g/mol. The van der Waals surface area contributed by atoms with Gasteiger partial charge in [0.1, 0.15) is 5.82 Å². The Bertz CT molecular complexity index is 851. The van der Waals surface area contributed by atoms with Crippen molar-refractivity contribution in [2.75, 3.05) is 36.2 Å². The summed E-state index contributed by atoms with van der Waals surface area (Å²) in [6, 6.07) is 6.34. The second-order valence-corrected chi connectivity index (χ2v) is 8.60. The highest BCUT2D eigenvalue weighted by molar-refractivity contribution is 5.91. The van der Waals surface area contributed by atoms with Gasteiger partial charge in [-0.3, -0.25) is 0 Å². The molecule has 0 radical (unpaired) electrons. The first kappa shape index (κ1) is 21.9. The van der Waals surface area contributed by atoms with Crippen LogP contribution < -0.4 is 20.9 Å². The highest BCUT2D eigenvalue weighted by Crippen LogP contribution is 2.26. The molecule has 1 aliphatic carbocycles. The van der Waals surface area contributed by atoms with Gasteiger partial charge < -0.3 is 20.9 Å². The van der Waals surface area contributed by atoms with E-state index < -0.39 is 0 Å². The van der Waals surface area contributed by atoms with Crippen molar-refractivity contribution in [2.45, 2.75) is 52.5 Å². The Labute approximate surface area is 179 Å². The van der Waals surface area contributed by atoms with Crippen molar-refractivity contribution in [1.29, 1.82) is 0 Å². The Morgan fingerprint density at radius 2 is 1.77 bits per heavy atom. The third kappa shape index (κ3) is 5.84. The SMILES string of the molecule is Cc1cc(C)c(NC(=O)NC[C@H]2CC[C@@H](Nc3nccc(N(C)C)n3)CC2)c(C)c1. The first-order valence-corrected chi connectivity index (χ1v) is 10.7. The highest BCUT2D eigenvalue weighted by Gasteiger charge is 2.22. The van der Waals surface area contributed by atoms with Crippen LogP contribution in [0.2, 0.25) is 0 Å². The summed E-state index contributed by atoms with van der Waals surface area (Å²) >= 11 is 0. The normalized spacial score (nSPS) is 18.6. The number of aromatic nitrogens is 2. The molecule has 2 amide bonds. The fraction of sp³-hybridized carbons (Fsp3) is 0.522. The Hall–Kier alpha value is -2.83. The molecule has 0 saturated heterocycles. The van der Waals surface area contributed by atoms with E-state index in [1.807, 2.05) is 38.9 Å². The van der Waals surface area contributed by atoms with Crippen LogP contribution in [0.25, 0.3) is 0 Å². The van der Waals surface area contributed by atoms with Gasteiger partial charge >= 0.3 is 6.03 Å². The van der Waals surface area contributed by atoms with Crippen molar-refractivity contribution in [2.24, 2.45) is 5.92 Å². The summed E-state index contributed by atoms with van der Waals surface area (Å²) < 4.78 is 0. The van der Waals surface area contributed by atoms with Crippen molar-refractivity contribution in [3.8, 4) is 0 Å². The van der Waals surface area contributed by atoms with E-state index in [-0.39, 0.29) is 6.03 Å². The number of urea groups is 1. The van der Waals surface area contributed by atoms with Gasteiger partial charge in [-0.05, 0) is 69.6 Å². The Kier molecular flexibility index (Phi) is 7.13. The van der Waals surface area contributed by atoms with Crippen molar-refractivity contribution in [1.82, 2.24) is 15.3 Å². The molecule has 7 heteroatoms. The summed E-state index contributed by atoms with van der Waals surface area (Å²) in [5.41, 5.74) is 4.30. The van der Waals surface area contributed by atoms with Crippen LogP contribution in [-0.4, -0.2) is 42.7 Å². The highest BCUT2D eigenvalue weighted by atomic mass is 16.2. The van der Waals surface area contributed by atoms with E-state index in [1.165, 1.54) is 5.56 Å². The first-order chi connectivity index (χ1) is 14.3. The number of nitrogens with one attached hydrogen (secondary N) is 3. The summed E-state index contributed by atoms with van der Waals surface area (Å²) in [5, 5.41) is 9.53. The van der Waals surface area contributed by atoms with Crippen LogP contribution in [0.1, 0.15) is 42.4 Å². The second kappa shape index (κ2) is 9.78. The molecule has 162 valence electrons. The molecule has 0 atom stereocenters. The summed E-state index contributed by atoms with van der Waals surface area (Å²) in [6.07, 6.45) is 6.05. The number of carbonyl (C=O) groups excluding carboxylic acids is 1. The van der Waals surface area contributed by atoms with Gasteiger partial charge in [-0.1, -0.05) is 17.7 Å². The lowest BCUT2D eigenvalue weighted by atomic mass is 9.86. The lowest BCUT2D eigenvalue weighted by Crippen LogP contribution is -2.36. The van der Waals surface area contributed by atoms with Gasteiger partial charge in [-0.25, -0.2) is 9.78 Å². The van der Waals surface area contributed by atoms with Gasteiger partial charge in [-0.15, -0.1) is 0 Å². The molecular formula is C23H34N6O. The molecule has 3 rings (SSSR count). The van der Waals surface area contributed by atoms with E-state index in [0.717, 1.165) is 48.3 Å². The number of carbonyl (C=O) groups is 1. The zero-order valence-corrected chi connectivity index (χ0v) is 18.7. The van der Waals surface area contributed by atoms with Crippen molar-refractivity contribution in [3.05, 3.63) is 41.1 Å². The predicted octanol–water partition coefficient (Wildman–Crippen LogP) is 4.26. The maximum absolute atomic E-state index is 12.4. The smallest absolute Gasteiger partial charge is 0.319 e. The number of benzene rings is 1. The zero-order chi connectivity index (χ0) is 21.7. The van der Waals surface area contributed by atoms with Crippen LogP contribution in [0.4, 0.5) is 22.2 Å². The fourth-order valence-corrected chi connectivity index (χ4v) is 4.13. The topological polar surface area (TPSA) is 82.2 Å². The summed E-state index contributed by atoms with van der Waals surface area (Å²) in [5.74, 6) is 2.09. The lowest BCUT2D eigenvalue weighted by Gasteiger charge is -2.29. The van der Waals surface area contributed by atoms with Crippen LogP contribution in [0, 0.1) is 26.7 Å². The van der Waals surface area contributed by atoms with E-state index in [1.54, 1.807) is 6.20 Å². The molecule has 30 heavy (non-hydrogen) atoms. The first-order valence-electron chi connectivity index (χ1n) is 10.7. The minimum atomic E-state index is -0.126. The quantitative estimate of drug-likeness (QED) is 0.663. The molecule has 0 bridgehead atoms. The lowest BCUT2D eigenvalue weighted by molar-refractivity contribution is 0.246. The third-order valence-corrected chi connectivity index (χ3v) is 5.75. The van der Waals surface area contributed by atoms with Crippen molar-refractivity contribution < 1.29 is 4.79 Å². The summed E-state index contributed by atoms with van der Waals surface area (Å²) in [6.45, 7) is 6.83. The van der Waals surface area contributed by atoms with Crippen LogP contribution in [0.3, 0.4) is 0 Å². The molecule has 1 heterocycles. The molecule has 2 aromatic rings. The van der Waals surface area contributed by atoms with Crippen LogP contribution in [0.5, 0.6) is 0 Å². The number of nitrogens with zero attached hydrogens (tertiary/aromatic N) is 3. The van der Waals surface area contributed by atoms with E-state index in [0.29, 0.717) is 24.5 Å². The molecule has 1 saturated carbocycles. The Morgan fingerprint density at radius 3 is 2.40 bits per heavy atom. The van der Waals surface area contributed by atoms with E-state index in [2.05, 4.69) is 45.0 Å². The van der Waals surface area contributed by atoms with Gasteiger partial charge in [0.25, 0.3) is 0 Å². The monoisotopic (exact) mass is 410 g/mol. The molecule has 0 aliphatic heterocycles. The average Bonchev–Trinajstić information content (AvgIpc) is 2.70. The maximum atomic E-state index is 12.4. The van der Waals surface area contributed by atoms with Gasteiger partial charge in [-0.2, -0.15) is 4.98 Å². The fourth-order valence-electron chi connectivity index (χ4n) is 4.13. The standard InChI is InChI=1S/C23H34N6O/c1-15-12-16(2)21(17(3)13-15)28-23(30)25-14-18-6-8-19(9-7-18)26-22-24-11-10-20(27-22)29(4)5/h10-13,18-19H,6-9,14H2,1-5H3,(H,24,26,27)(H2,25,28,30)/t18-,19+. The second-order valence-electron chi connectivity index (χ2n) is 8.60. The van der Waals surface area contributed by atoms with Gasteiger partial charge in [0.05, 0.1) is 0 Å². The molecule has 0 unspecified atom stereocenters. The zero-order valence-electron chi connectivity index (χ0n) is 18.7. The third-order valence-electron chi connectivity index (χ3n) is 5.75. The summed E-state index contributed by atoms with van der Waals surface area (Å²) in [7, 11) is 3.95. The van der Waals surface area contributed by atoms with Crippen LogP contribution in [0.15, 0.2) is 24.4 Å². The minimum absolute atomic E-state index is 0.126. The van der Waals surface area contributed by atoms with Gasteiger partial charge in [0.2, 0.25) is 5.95 Å². The van der Waals surface area contributed by atoms with Crippen molar-refractivity contribution >= 4 is 23.5 Å². The molecule has 7 nitrogen and oxygen atoms in total. The van der Waals surface area contributed by atoms with Gasteiger partial charge in [0, 0.05) is 38.6 Å². The largest absolute Gasteiger partial charge is 0.363 e. The number of aryl methyl sites for hydroxylation is 3. The number of hydrogen-bond acceptors (Lipinski definition) is 5. The van der Waals surface area contributed by atoms with Crippen LogP contribution in [-0.2, 0) is 0 Å². The van der Waals surface area contributed by atoms with E-state index in [9.17, 15) is 4.79 Å². The molecule has 3 N–H and O–H groups in total. The maximum Gasteiger partial charge on any atom is 0.319 e. The summed E-state index contributed by atoms with van der Waals surface area (Å²) in [4.78, 5) is 23.2. The van der Waals surface area contributed by atoms with Crippen molar-refractivity contribution in [3.63, 3.8) is 0 Å². The number of hydrogen-bond donors (Lipinski definition) is 3. The minimum Gasteiger partial charge on any atom is -0.363 e. The molecule has 1 aromatic heterocycles.